The highest BCUT2D eigenvalue weighted by molar-refractivity contribution is 5.71. The monoisotopic (exact) mass is 265 g/mol. The number of halogens is 4. The first-order chi connectivity index (χ1) is 8.93. The van der Waals surface area contributed by atoms with Crippen LogP contribution in [0.15, 0.2) is 42.5 Å². The van der Waals surface area contributed by atoms with Crippen LogP contribution in [-0.4, -0.2) is 0 Å². The van der Waals surface area contributed by atoms with Gasteiger partial charge in [-0.05, 0) is 29.3 Å². The smallest absolute Gasteiger partial charge is 0.206 e. The van der Waals surface area contributed by atoms with Crippen LogP contribution in [0.5, 0.6) is 0 Å². The predicted octanol–water partition coefficient (Wildman–Crippen LogP) is 4.38. The fraction of sp³-hybridized carbons (Fsp3) is 0.0714. The average molecular weight is 265 g/mol. The fourth-order valence-corrected chi connectivity index (χ4v) is 1.74. The third-order valence-corrected chi connectivity index (χ3v) is 2.63. The van der Waals surface area contributed by atoms with Gasteiger partial charge in [0.05, 0.1) is 17.2 Å². The number of hydrogen-bond donors (Lipinski definition) is 0. The molecule has 0 aliphatic heterocycles. The van der Waals surface area contributed by atoms with E-state index in [1.807, 2.05) is 6.07 Å². The quantitative estimate of drug-likeness (QED) is 0.702. The molecule has 0 heterocycles. The number of nitrogens with zero attached hydrogens (tertiary/aromatic N) is 1. The van der Waals surface area contributed by atoms with E-state index in [1.165, 1.54) is 18.2 Å². The largest absolute Gasteiger partial charge is 0.419 e. The molecule has 0 aromatic heterocycles. The van der Waals surface area contributed by atoms with Gasteiger partial charge in [0.2, 0.25) is 0 Å². The zero-order valence-electron chi connectivity index (χ0n) is 9.50. The summed E-state index contributed by atoms with van der Waals surface area (Å²) in [5.41, 5.74) is -0.596. The standard InChI is InChI=1S/C14H7F4N/c15-13-6-5-9(7-12(13)14(16,17)18)11-4-2-1-3-10(11)8-19/h1-7H. The number of nitriles is 1. The molecule has 19 heavy (non-hydrogen) atoms. The Labute approximate surface area is 106 Å². The molecule has 0 amide bonds. The molecule has 96 valence electrons. The molecule has 0 unspecified atom stereocenters. The summed E-state index contributed by atoms with van der Waals surface area (Å²) in [4.78, 5) is 0. The molecule has 0 saturated heterocycles. The van der Waals surface area contributed by atoms with E-state index in [2.05, 4.69) is 0 Å². The van der Waals surface area contributed by atoms with Crippen molar-refractivity contribution in [3.63, 3.8) is 0 Å². The fourth-order valence-electron chi connectivity index (χ4n) is 1.74. The summed E-state index contributed by atoms with van der Waals surface area (Å²) in [6.45, 7) is 0. The molecule has 2 aromatic carbocycles. The molecule has 0 aliphatic rings. The van der Waals surface area contributed by atoms with Crippen molar-refractivity contribution in [2.45, 2.75) is 6.18 Å². The number of rotatable bonds is 1. The molecular formula is C14H7F4N. The minimum Gasteiger partial charge on any atom is -0.206 e. The van der Waals surface area contributed by atoms with Crippen LogP contribution in [0.4, 0.5) is 17.6 Å². The molecule has 0 bridgehead atoms. The Morgan fingerprint density at radius 2 is 1.68 bits per heavy atom. The maximum absolute atomic E-state index is 13.2. The Morgan fingerprint density at radius 3 is 2.32 bits per heavy atom. The van der Waals surface area contributed by atoms with E-state index in [0.29, 0.717) is 11.6 Å². The van der Waals surface area contributed by atoms with Gasteiger partial charge < -0.3 is 0 Å². The molecule has 0 aliphatic carbocycles. The molecule has 2 rings (SSSR count). The van der Waals surface area contributed by atoms with Gasteiger partial charge in [-0.3, -0.25) is 0 Å². The Morgan fingerprint density at radius 1 is 1.00 bits per heavy atom. The van der Waals surface area contributed by atoms with Crippen LogP contribution in [0.25, 0.3) is 11.1 Å². The van der Waals surface area contributed by atoms with E-state index in [9.17, 15) is 17.6 Å². The van der Waals surface area contributed by atoms with Crippen LogP contribution in [0, 0.1) is 17.1 Å². The van der Waals surface area contributed by atoms with Crippen LogP contribution in [0.3, 0.4) is 0 Å². The lowest BCUT2D eigenvalue weighted by molar-refractivity contribution is -0.139. The highest BCUT2D eigenvalue weighted by Gasteiger charge is 2.34. The van der Waals surface area contributed by atoms with E-state index >= 15 is 0 Å². The lowest BCUT2D eigenvalue weighted by atomic mass is 9.98. The van der Waals surface area contributed by atoms with E-state index in [1.54, 1.807) is 12.1 Å². The highest BCUT2D eigenvalue weighted by Crippen LogP contribution is 2.34. The molecule has 0 fully saturated rings. The second-order valence-electron chi connectivity index (χ2n) is 3.85. The molecule has 0 radical (unpaired) electrons. The minimum absolute atomic E-state index is 0.158. The molecule has 0 N–H and O–H groups in total. The van der Waals surface area contributed by atoms with Crippen LogP contribution in [0.2, 0.25) is 0 Å². The van der Waals surface area contributed by atoms with Crippen molar-refractivity contribution in [1.29, 1.82) is 5.26 Å². The summed E-state index contributed by atoms with van der Waals surface area (Å²) < 4.78 is 51.0. The van der Waals surface area contributed by atoms with Crippen LogP contribution >= 0.6 is 0 Å². The summed E-state index contributed by atoms with van der Waals surface area (Å²) in [5.74, 6) is -1.33. The van der Waals surface area contributed by atoms with Gasteiger partial charge in [0.15, 0.2) is 0 Å². The summed E-state index contributed by atoms with van der Waals surface area (Å²) in [6, 6.07) is 10.8. The second-order valence-corrected chi connectivity index (χ2v) is 3.85. The minimum atomic E-state index is -4.76. The third-order valence-electron chi connectivity index (χ3n) is 2.63. The lowest BCUT2D eigenvalue weighted by Gasteiger charge is -2.11. The van der Waals surface area contributed by atoms with E-state index < -0.39 is 17.6 Å². The molecule has 5 heteroatoms. The average Bonchev–Trinajstić information content (AvgIpc) is 2.38. The molecule has 2 aromatic rings. The van der Waals surface area contributed by atoms with Gasteiger partial charge in [-0.2, -0.15) is 18.4 Å². The van der Waals surface area contributed by atoms with Gasteiger partial charge >= 0.3 is 6.18 Å². The Kier molecular flexibility index (Phi) is 3.26. The van der Waals surface area contributed by atoms with E-state index in [0.717, 1.165) is 6.07 Å². The summed E-state index contributed by atoms with van der Waals surface area (Å²) >= 11 is 0. The SMILES string of the molecule is N#Cc1ccccc1-c1ccc(F)c(C(F)(F)F)c1. The molecule has 0 saturated carbocycles. The van der Waals surface area contributed by atoms with Crippen molar-refractivity contribution in [2.75, 3.05) is 0 Å². The van der Waals surface area contributed by atoms with Crippen molar-refractivity contribution >= 4 is 0 Å². The Bertz CT molecular complexity index is 653. The number of benzene rings is 2. The molecule has 0 atom stereocenters. The zero-order valence-corrected chi connectivity index (χ0v) is 9.50. The molecular weight excluding hydrogens is 258 g/mol. The van der Waals surface area contributed by atoms with Crippen LogP contribution in [-0.2, 0) is 6.18 Å². The van der Waals surface area contributed by atoms with E-state index in [-0.39, 0.29) is 11.1 Å². The van der Waals surface area contributed by atoms with Gasteiger partial charge in [-0.25, -0.2) is 4.39 Å². The molecule has 0 spiro atoms. The second kappa shape index (κ2) is 4.73. The van der Waals surface area contributed by atoms with Crippen molar-refractivity contribution in [3.8, 4) is 17.2 Å². The first kappa shape index (κ1) is 13.1. The van der Waals surface area contributed by atoms with Gasteiger partial charge in [0, 0.05) is 0 Å². The topological polar surface area (TPSA) is 23.8 Å². The maximum Gasteiger partial charge on any atom is 0.419 e. The van der Waals surface area contributed by atoms with Crippen LogP contribution in [0.1, 0.15) is 11.1 Å². The van der Waals surface area contributed by atoms with Gasteiger partial charge in [-0.1, -0.05) is 24.3 Å². The van der Waals surface area contributed by atoms with Crippen molar-refractivity contribution < 1.29 is 17.6 Å². The summed E-state index contributed by atoms with van der Waals surface area (Å²) in [6.07, 6.45) is -4.76. The first-order valence-electron chi connectivity index (χ1n) is 5.29. The van der Waals surface area contributed by atoms with Gasteiger partial charge in [-0.15, -0.1) is 0 Å². The normalized spacial score (nSPS) is 11.1. The van der Waals surface area contributed by atoms with Crippen molar-refractivity contribution in [2.24, 2.45) is 0 Å². The van der Waals surface area contributed by atoms with Crippen LogP contribution < -0.4 is 0 Å². The van der Waals surface area contributed by atoms with Crippen molar-refractivity contribution in [1.82, 2.24) is 0 Å². The molecule has 1 nitrogen and oxygen atoms in total. The first-order valence-corrected chi connectivity index (χ1v) is 5.29. The Balaban J connectivity index is 2.62. The Hall–Kier alpha value is -2.35. The maximum atomic E-state index is 13.2. The third kappa shape index (κ3) is 2.58. The predicted molar refractivity (Wildman–Crippen MR) is 61.6 cm³/mol. The van der Waals surface area contributed by atoms with Crippen molar-refractivity contribution in [3.05, 3.63) is 59.4 Å². The highest BCUT2D eigenvalue weighted by atomic mass is 19.4. The van der Waals surface area contributed by atoms with Gasteiger partial charge in [0.25, 0.3) is 0 Å². The van der Waals surface area contributed by atoms with E-state index in [4.69, 9.17) is 5.26 Å². The number of alkyl halides is 3. The summed E-state index contributed by atoms with van der Waals surface area (Å²) in [5, 5.41) is 8.92. The van der Waals surface area contributed by atoms with Gasteiger partial charge in [0.1, 0.15) is 5.82 Å². The lowest BCUT2D eigenvalue weighted by Crippen LogP contribution is -2.08. The summed E-state index contributed by atoms with van der Waals surface area (Å²) in [7, 11) is 0. The zero-order chi connectivity index (χ0) is 14.0. The number of hydrogen-bond acceptors (Lipinski definition) is 1.